The monoisotopic (exact) mass is 266 g/mol. The molecular weight excluding hydrogens is 252 g/mol. The van der Waals surface area contributed by atoms with Gasteiger partial charge in [-0.25, -0.2) is 4.79 Å². The standard InChI is InChI=1S/C12H14N2O5/c13-10(15)7-19-5-4-14-11(16)8-2-1-3-9(6-8)12(17)18/h1-3,6H,4-5,7H2,(H2,13,15)(H,14,16)(H,17,18). The molecule has 0 aliphatic carbocycles. The molecule has 0 heterocycles. The van der Waals surface area contributed by atoms with Crippen LogP contribution in [0.25, 0.3) is 0 Å². The van der Waals surface area contributed by atoms with Crippen molar-refractivity contribution in [2.24, 2.45) is 5.73 Å². The van der Waals surface area contributed by atoms with Gasteiger partial charge in [0.2, 0.25) is 5.91 Å². The molecule has 0 saturated carbocycles. The second-order valence-electron chi connectivity index (χ2n) is 3.66. The number of ether oxygens (including phenoxy) is 1. The Morgan fingerprint density at radius 2 is 1.95 bits per heavy atom. The molecule has 0 atom stereocenters. The zero-order valence-corrected chi connectivity index (χ0v) is 10.1. The first kappa shape index (κ1) is 14.7. The van der Waals surface area contributed by atoms with Gasteiger partial charge in [0.1, 0.15) is 6.61 Å². The lowest BCUT2D eigenvalue weighted by atomic mass is 10.1. The highest BCUT2D eigenvalue weighted by atomic mass is 16.5. The molecule has 0 bridgehead atoms. The van der Waals surface area contributed by atoms with Gasteiger partial charge in [-0.3, -0.25) is 9.59 Å². The maximum atomic E-state index is 11.7. The number of amides is 2. The number of primary amides is 1. The predicted molar refractivity (Wildman–Crippen MR) is 65.7 cm³/mol. The maximum Gasteiger partial charge on any atom is 0.335 e. The summed E-state index contributed by atoms with van der Waals surface area (Å²) < 4.78 is 4.86. The molecule has 0 saturated heterocycles. The van der Waals surface area contributed by atoms with Gasteiger partial charge in [0.25, 0.3) is 5.91 Å². The van der Waals surface area contributed by atoms with Crippen LogP contribution in [0.1, 0.15) is 20.7 Å². The molecule has 1 aromatic rings. The van der Waals surface area contributed by atoms with Crippen LogP contribution in [0.2, 0.25) is 0 Å². The van der Waals surface area contributed by atoms with Gasteiger partial charge in [-0.1, -0.05) is 6.07 Å². The number of carboxylic acid groups (broad SMARTS) is 1. The first-order valence-electron chi connectivity index (χ1n) is 5.48. The average Bonchev–Trinajstić information content (AvgIpc) is 2.37. The van der Waals surface area contributed by atoms with E-state index in [1.165, 1.54) is 24.3 Å². The molecule has 0 aliphatic heterocycles. The lowest BCUT2D eigenvalue weighted by Crippen LogP contribution is -2.28. The summed E-state index contributed by atoms with van der Waals surface area (Å²) in [6.07, 6.45) is 0. The average molecular weight is 266 g/mol. The van der Waals surface area contributed by atoms with Crippen molar-refractivity contribution in [2.45, 2.75) is 0 Å². The fraction of sp³-hybridized carbons (Fsp3) is 0.250. The normalized spacial score (nSPS) is 9.89. The molecule has 7 heteroatoms. The van der Waals surface area contributed by atoms with Crippen LogP contribution in [0.5, 0.6) is 0 Å². The van der Waals surface area contributed by atoms with Gasteiger partial charge in [0.05, 0.1) is 12.2 Å². The van der Waals surface area contributed by atoms with Crippen molar-refractivity contribution in [1.82, 2.24) is 5.32 Å². The van der Waals surface area contributed by atoms with E-state index in [0.29, 0.717) is 0 Å². The number of carbonyl (C=O) groups is 3. The van der Waals surface area contributed by atoms with Crippen LogP contribution in [0.4, 0.5) is 0 Å². The van der Waals surface area contributed by atoms with Crippen LogP contribution in [-0.2, 0) is 9.53 Å². The summed E-state index contributed by atoms with van der Waals surface area (Å²) in [5.74, 6) is -2.09. The minimum Gasteiger partial charge on any atom is -0.478 e. The number of nitrogens with two attached hydrogens (primary N) is 1. The maximum absolute atomic E-state index is 11.7. The predicted octanol–water partition coefficient (Wildman–Crippen LogP) is -0.383. The highest BCUT2D eigenvalue weighted by Crippen LogP contribution is 2.05. The molecule has 0 spiro atoms. The van der Waals surface area contributed by atoms with Gasteiger partial charge in [0, 0.05) is 12.1 Å². The third kappa shape index (κ3) is 5.17. The quantitative estimate of drug-likeness (QED) is 0.581. The molecule has 4 N–H and O–H groups in total. The number of hydrogen-bond acceptors (Lipinski definition) is 4. The van der Waals surface area contributed by atoms with Crippen molar-refractivity contribution < 1.29 is 24.2 Å². The van der Waals surface area contributed by atoms with Gasteiger partial charge >= 0.3 is 5.97 Å². The highest BCUT2D eigenvalue weighted by molar-refractivity contribution is 5.97. The van der Waals surface area contributed by atoms with E-state index in [0.717, 1.165) is 0 Å². The van der Waals surface area contributed by atoms with E-state index in [4.69, 9.17) is 15.6 Å². The topological polar surface area (TPSA) is 119 Å². The van der Waals surface area contributed by atoms with Crippen molar-refractivity contribution in [2.75, 3.05) is 19.8 Å². The fourth-order valence-electron chi connectivity index (χ4n) is 1.31. The second kappa shape index (κ2) is 7.12. The zero-order chi connectivity index (χ0) is 14.3. The number of carbonyl (C=O) groups excluding carboxylic acids is 2. The second-order valence-corrected chi connectivity index (χ2v) is 3.66. The van der Waals surface area contributed by atoms with Crippen molar-refractivity contribution in [3.05, 3.63) is 35.4 Å². The van der Waals surface area contributed by atoms with Crippen molar-refractivity contribution >= 4 is 17.8 Å². The Morgan fingerprint density at radius 1 is 1.26 bits per heavy atom. The fourth-order valence-corrected chi connectivity index (χ4v) is 1.31. The number of benzene rings is 1. The van der Waals surface area contributed by atoms with Crippen LogP contribution < -0.4 is 11.1 Å². The molecule has 0 fully saturated rings. The zero-order valence-electron chi connectivity index (χ0n) is 10.1. The molecular formula is C12H14N2O5. The van der Waals surface area contributed by atoms with Gasteiger partial charge in [-0.2, -0.15) is 0 Å². The molecule has 19 heavy (non-hydrogen) atoms. The number of carboxylic acids is 1. The third-order valence-electron chi connectivity index (χ3n) is 2.15. The summed E-state index contributed by atoms with van der Waals surface area (Å²) >= 11 is 0. The number of rotatable bonds is 7. The van der Waals surface area contributed by atoms with E-state index in [2.05, 4.69) is 5.32 Å². The minimum absolute atomic E-state index is 0.0395. The first-order chi connectivity index (χ1) is 9.00. The van der Waals surface area contributed by atoms with E-state index >= 15 is 0 Å². The van der Waals surface area contributed by atoms with Crippen LogP contribution in [0, 0.1) is 0 Å². The Hall–Kier alpha value is -2.41. The molecule has 102 valence electrons. The molecule has 1 aromatic carbocycles. The Kier molecular flexibility index (Phi) is 5.49. The third-order valence-corrected chi connectivity index (χ3v) is 2.15. The molecule has 1 rings (SSSR count). The van der Waals surface area contributed by atoms with E-state index in [-0.39, 0.29) is 30.9 Å². The SMILES string of the molecule is NC(=O)COCCNC(=O)c1cccc(C(=O)O)c1. The smallest absolute Gasteiger partial charge is 0.335 e. The minimum atomic E-state index is -1.10. The molecule has 2 amide bonds. The van der Waals surface area contributed by atoms with Gasteiger partial charge < -0.3 is 20.9 Å². The van der Waals surface area contributed by atoms with Crippen molar-refractivity contribution in [3.63, 3.8) is 0 Å². The highest BCUT2D eigenvalue weighted by Gasteiger charge is 2.08. The Bertz CT molecular complexity index is 487. The van der Waals surface area contributed by atoms with Crippen molar-refractivity contribution in [1.29, 1.82) is 0 Å². The first-order valence-corrected chi connectivity index (χ1v) is 5.48. The summed E-state index contributed by atoms with van der Waals surface area (Å²) in [7, 11) is 0. The number of hydrogen-bond donors (Lipinski definition) is 3. The molecule has 0 aromatic heterocycles. The summed E-state index contributed by atoms with van der Waals surface area (Å²) in [6.45, 7) is 0.140. The molecule has 7 nitrogen and oxygen atoms in total. The summed E-state index contributed by atoms with van der Waals surface area (Å²) in [6, 6.07) is 5.67. The van der Waals surface area contributed by atoms with E-state index in [1.807, 2.05) is 0 Å². The van der Waals surface area contributed by atoms with Crippen LogP contribution >= 0.6 is 0 Å². The van der Waals surface area contributed by atoms with E-state index < -0.39 is 17.8 Å². The number of nitrogens with one attached hydrogen (secondary N) is 1. The number of aromatic carboxylic acids is 1. The molecule has 0 unspecified atom stereocenters. The van der Waals surface area contributed by atoms with Crippen LogP contribution in [0.3, 0.4) is 0 Å². The summed E-state index contributed by atoms with van der Waals surface area (Å²) in [5.41, 5.74) is 5.15. The Morgan fingerprint density at radius 3 is 2.58 bits per heavy atom. The summed E-state index contributed by atoms with van der Waals surface area (Å²) in [4.78, 5) is 32.8. The van der Waals surface area contributed by atoms with Crippen LogP contribution in [-0.4, -0.2) is 42.6 Å². The van der Waals surface area contributed by atoms with Gasteiger partial charge in [-0.05, 0) is 18.2 Å². The van der Waals surface area contributed by atoms with Crippen molar-refractivity contribution in [3.8, 4) is 0 Å². The molecule has 0 radical (unpaired) electrons. The van der Waals surface area contributed by atoms with Gasteiger partial charge in [0.15, 0.2) is 0 Å². The Labute approximate surface area is 109 Å². The van der Waals surface area contributed by atoms with Crippen LogP contribution in [0.15, 0.2) is 24.3 Å². The largest absolute Gasteiger partial charge is 0.478 e. The van der Waals surface area contributed by atoms with Gasteiger partial charge in [-0.15, -0.1) is 0 Å². The lowest BCUT2D eigenvalue weighted by molar-refractivity contribution is -0.122. The van der Waals surface area contributed by atoms with E-state index in [9.17, 15) is 14.4 Å². The molecule has 0 aliphatic rings. The lowest BCUT2D eigenvalue weighted by Gasteiger charge is -2.06. The Balaban J connectivity index is 2.43. The summed E-state index contributed by atoms with van der Waals surface area (Å²) in [5, 5.41) is 11.3. The van der Waals surface area contributed by atoms with E-state index in [1.54, 1.807) is 0 Å².